The van der Waals surface area contributed by atoms with Crippen LogP contribution >= 0.6 is 0 Å². The molecule has 0 atom stereocenters. The normalized spacial score (nSPS) is 18.9. The molecule has 12 heavy (non-hydrogen) atoms. The van der Waals surface area contributed by atoms with Gasteiger partial charge >= 0.3 is 12.1 Å². The van der Waals surface area contributed by atoms with Crippen LogP contribution in [0.5, 0.6) is 0 Å². The van der Waals surface area contributed by atoms with Crippen molar-refractivity contribution in [3.8, 4) is 0 Å². The SMILES string of the molecule is CNC(=O)/N=C1/NC(=O)NC1=O. The number of aliphatic imine (C=N–C) groups is 1. The van der Waals surface area contributed by atoms with Gasteiger partial charge in [0.15, 0.2) is 0 Å². The highest BCUT2D eigenvalue weighted by molar-refractivity contribution is 6.48. The van der Waals surface area contributed by atoms with Gasteiger partial charge in [-0.1, -0.05) is 0 Å². The lowest BCUT2D eigenvalue weighted by Crippen LogP contribution is -2.26. The Kier molecular flexibility index (Phi) is 2.04. The second-order valence-electron chi connectivity index (χ2n) is 1.92. The number of rotatable bonds is 0. The molecule has 0 aromatic rings. The molecule has 1 fully saturated rings. The first kappa shape index (κ1) is 8.18. The van der Waals surface area contributed by atoms with Gasteiger partial charge in [-0.2, -0.15) is 4.99 Å². The molecule has 0 unspecified atom stereocenters. The van der Waals surface area contributed by atoms with Gasteiger partial charge in [-0.25, -0.2) is 9.59 Å². The van der Waals surface area contributed by atoms with Crippen LogP contribution in [0.25, 0.3) is 0 Å². The molecule has 1 aliphatic heterocycles. The third-order valence-electron chi connectivity index (χ3n) is 1.10. The average molecular weight is 170 g/mol. The van der Waals surface area contributed by atoms with E-state index in [0.29, 0.717) is 0 Å². The number of nitrogens with zero attached hydrogens (tertiary/aromatic N) is 1. The molecule has 1 rings (SSSR count). The number of carbonyl (C=O) groups excluding carboxylic acids is 3. The number of amides is 5. The third kappa shape index (κ3) is 1.57. The number of urea groups is 2. The first-order valence-corrected chi connectivity index (χ1v) is 3.06. The van der Waals surface area contributed by atoms with Gasteiger partial charge in [0, 0.05) is 7.05 Å². The molecular formula is C5H6N4O3. The summed E-state index contributed by atoms with van der Waals surface area (Å²) in [6.45, 7) is 0. The first-order chi connectivity index (χ1) is 5.63. The minimum atomic E-state index is -0.705. The Morgan fingerprint density at radius 2 is 2.08 bits per heavy atom. The quantitative estimate of drug-likeness (QED) is 0.388. The van der Waals surface area contributed by atoms with Crippen molar-refractivity contribution in [3.05, 3.63) is 0 Å². The Morgan fingerprint density at radius 1 is 1.42 bits per heavy atom. The molecule has 0 aromatic heterocycles. The van der Waals surface area contributed by atoms with Gasteiger partial charge < -0.3 is 5.32 Å². The van der Waals surface area contributed by atoms with Crippen molar-refractivity contribution in [2.45, 2.75) is 0 Å². The van der Waals surface area contributed by atoms with Crippen molar-refractivity contribution in [3.63, 3.8) is 0 Å². The van der Waals surface area contributed by atoms with Crippen LogP contribution in [-0.2, 0) is 4.79 Å². The van der Waals surface area contributed by atoms with Gasteiger partial charge in [0.05, 0.1) is 0 Å². The zero-order chi connectivity index (χ0) is 9.14. The molecule has 64 valence electrons. The van der Waals surface area contributed by atoms with Gasteiger partial charge in [-0.3, -0.25) is 15.4 Å². The fraction of sp³-hybridized carbons (Fsp3) is 0.200. The Bertz CT molecular complexity index is 282. The number of imide groups is 1. The van der Waals surface area contributed by atoms with Gasteiger partial charge in [0.1, 0.15) is 0 Å². The van der Waals surface area contributed by atoms with Crippen molar-refractivity contribution in [1.82, 2.24) is 16.0 Å². The van der Waals surface area contributed by atoms with Crippen LogP contribution in [0.15, 0.2) is 4.99 Å². The van der Waals surface area contributed by atoms with E-state index in [1.165, 1.54) is 7.05 Å². The summed E-state index contributed by atoms with van der Waals surface area (Å²) in [5.74, 6) is -0.997. The number of carbonyl (C=O) groups is 3. The molecular weight excluding hydrogens is 164 g/mol. The average Bonchev–Trinajstić information content (AvgIpc) is 2.30. The molecule has 1 aliphatic rings. The molecule has 0 radical (unpaired) electrons. The third-order valence-corrected chi connectivity index (χ3v) is 1.10. The molecule has 5 amide bonds. The Hall–Kier alpha value is -1.92. The summed E-state index contributed by atoms with van der Waals surface area (Å²) >= 11 is 0. The zero-order valence-corrected chi connectivity index (χ0v) is 6.17. The van der Waals surface area contributed by atoms with Crippen LogP contribution in [0.2, 0.25) is 0 Å². The van der Waals surface area contributed by atoms with Crippen molar-refractivity contribution in [2.24, 2.45) is 4.99 Å². The molecule has 0 saturated carbocycles. The second kappa shape index (κ2) is 2.99. The number of hydrogen-bond acceptors (Lipinski definition) is 3. The molecule has 0 spiro atoms. The first-order valence-electron chi connectivity index (χ1n) is 3.06. The molecule has 7 heteroatoms. The maximum absolute atomic E-state index is 10.7. The van der Waals surface area contributed by atoms with E-state index in [-0.39, 0.29) is 5.84 Å². The largest absolute Gasteiger partial charge is 0.342 e. The van der Waals surface area contributed by atoms with E-state index in [4.69, 9.17) is 0 Å². The number of hydrogen-bond donors (Lipinski definition) is 3. The van der Waals surface area contributed by atoms with Crippen LogP contribution in [0.4, 0.5) is 9.59 Å². The highest BCUT2D eigenvalue weighted by Crippen LogP contribution is 1.85. The zero-order valence-electron chi connectivity index (χ0n) is 6.17. The molecule has 0 aliphatic carbocycles. The lowest BCUT2D eigenvalue weighted by molar-refractivity contribution is -0.113. The number of amidine groups is 1. The summed E-state index contributed by atoms with van der Waals surface area (Å²) in [5.41, 5.74) is 0. The minimum absolute atomic E-state index is 0.292. The monoisotopic (exact) mass is 170 g/mol. The van der Waals surface area contributed by atoms with E-state index < -0.39 is 18.0 Å². The molecule has 1 saturated heterocycles. The van der Waals surface area contributed by atoms with Crippen LogP contribution in [-0.4, -0.2) is 30.9 Å². The lowest BCUT2D eigenvalue weighted by atomic mass is 10.6. The fourth-order valence-electron chi connectivity index (χ4n) is 0.594. The van der Waals surface area contributed by atoms with E-state index in [9.17, 15) is 14.4 Å². The second-order valence-corrected chi connectivity index (χ2v) is 1.92. The standard InChI is InChI=1S/C5H6N4O3/c1-6-4(11)7-2-3(10)9-5(12)8-2/h1H3,(H3,6,7,8,9,10,11,12). The maximum Gasteiger partial charge on any atom is 0.342 e. The summed E-state index contributed by atoms with van der Waals surface area (Å²) in [6.07, 6.45) is 0. The summed E-state index contributed by atoms with van der Waals surface area (Å²) in [5, 5.41) is 6.12. The predicted molar refractivity (Wildman–Crippen MR) is 38.6 cm³/mol. The van der Waals surface area contributed by atoms with Crippen LogP contribution in [0.3, 0.4) is 0 Å². The molecule has 1 heterocycles. The summed E-state index contributed by atoms with van der Waals surface area (Å²) in [7, 11) is 1.36. The van der Waals surface area contributed by atoms with E-state index in [1.54, 1.807) is 0 Å². The molecule has 0 bridgehead atoms. The van der Waals surface area contributed by atoms with Crippen LogP contribution in [0.1, 0.15) is 0 Å². The topological polar surface area (TPSA) is 99.7 Å². The van der Waals surface area contributed by atoms with E-state index in [1.807, 2.05) is 5.32 Å². The van der Waals surface area contributed by atoms with Crippen molar-refractivity contribution in [2.75, 3.05) is 7.05 Å². The fourth-order valence-corrected chi connectivity index (χ4v) is 0.594. The summed E-state index contributed by atoms with van der Waals surface area (Å²) in [6, 6.07) is -1.37. The predicted octanol–water partition coefficient (Wildman–Crippen LogP) is -1.44. The summed E-state index contributed by atoms with van der Waals surface area (Å²) in [4.78, 5) is 35.0. The van der Waals surface area contributed by atoms with Crippen LogP contribution in [0, 0.1) is 0 Å². The van der Waals surface area contributed by atoms with Gasteiger partial charge in [-0.05, 0) is 0 Å². The Morgan fingerprint density at radius 3 is 2.50 bits per heavy atom. The highest BCUT2D eigenvalue weighted by Gasteiger charge is 2.25. The summed E-state index contributed by atoms with van der Waals surface area (Å²) < 4.78 is 0. The van der Waals surface area contributed by atoms with E-state index in [2.05, 4.69) is 15.6 Å². The van der Waals surface area contributed by atoms with E-state index >= 15 is 0 Å². The molecule has 7 nitrogen and oxygen atoms in total. The van der Waals surface area contributed by atoms with Crippen LogP contribution < -0.4 is 16.0 Å². The minimum Gasteiger partial charge on any atom is -0.339 e. The van der Waals surface area contributed by atoms with Crippen molar-refractivity contribution in [1.29, 1.82) is 0 Å². The molecule has 0 aromatic carbocycles. The highest BCUT2D eigenvalue weighted by atomic mass is 16.2. The van der Waals surface area contributed by atoms with Gasteiger partial charge in [0.2, 0.25) is 5.84 Å². The van der Waals surface area contributed by atoms with Gasteiger partial charge in [0.25, 0.3) is 5.91 Å². The smallest absolute Gasteiger partial charge is 0.339 e. The van der Waals surface area contributed by atoms with Gasteiger partial charge in [-0.15, -0.1) is 0 Å². The van der Waals surface area contributed by atoms with E-state index in [0.717, 1.165) is 0 Å². The lowest BCUT2D eigenvalue weighted by Gasteiger charge is -1.91. The Balaban J connectivity index is 2.76. The Labute approximate surface area is 67.2 Å². The molecule has 3 N–H and O–H groups in total. The van der Waals surface area contributed by atoms with Crippen molar-refractivity contribution >= 4 is 23.8 Å². The van der Waals surface area contributed by atoms with Crippen molar-refractivity contribution < 1.29 is 14.4 Å². The maximum atomic E-state index is 10.7. The number of nitrogens with one attached hydrogen (secondary N) is 3.